The third-order valence-corrected chi connectivity index (χ3v) is 3.30. The second-order valence-corrected chi connectivity index (χ2v) is 4.75. The lowest BCUT2D eigenvalue weighted by molar-refractivity contribution is 0.102. The van der Waals surface area contributed by atoms with Gasteiger partial charge in [-0.1, -0.05) is 12.1 Å². The van der Waals surface area contributed by atoms with Crippen LogP contribution in [-0.2, 0) is 0 Å². The zero-order valence-electron chi connectivity index (χ0n) is 11.9. The van der Waals surface area contributed by atoms with Crippen molar-refractivity contribution < 1.29 is 14.3 Å². The van der Waals surface area contributed by atoms with E-state index >= 15 is 0 Å². The standard InChI is InChI=1S/C16H17FN2O2/c1-10(18-2)11-3-6-13(7-4-11)19-16(21)14-9-12(17)5-8-15(14)20/h3-10,18,20H,1-2H3,(H,19,21). The van der Waals surface area contributed by atoms with Crippen molar-refractivity contribution in [2.45, 2.75) is 13.0 Å². The Hall–Kier alpha value is -2.40. The third kappa shape index (κ3) is 3.58. The zero-order chi connectivity index (χ0) is 15.4. The maximum Gasteiger partial charge on any atom is 0.259 e. The first-order chi connectivity index (χ1) is 10.0. The maximum absolute atomic E-state index is 13.1. The Morgan fingerprint density at radius 1 is 1.19 bits per heavy atom. The smallest absolute Gasteiger partial charge is 0.259 e. The molecule has 3 N–H and O–H groups in total. The van der Waals surface area contributed by atoms with Crippen molar-refractivity contribution in [2.75, 3.05) is 12.4 Å². The molecular formula is C16H17FN2O2. The number of phenolic OH excluding ortho intramolecular Hbond substituents is 1. The number of phenols is 1. The van der Waals surface area contributed by atoms with Gasteiger partial charge >= 0.3 is 0 Å². The molecule has 2 aromatic carbocycles. The molecule has 0 fully saturated rings. The van der Waals surface area contributed by atoms with Crippen molar-refractivity contribution in [1.29, 1.82) is 0 Å². The summed E-state index contributed by atoms with van der Waals surface area (Å²) < 4.78 is 13.1. The molecule has 1 atom stereocenters. The summed E-state index contributed by atoms with van der Waals surface area (Å²) in [6, 6.07) is 10.8. The molecule has 0 saturated carbocycles. The first-order valence-corrected chi connectivity index (χ1v) is 6.58. The van der Waals surface area contributed by atoms with E-state index in [0.717, 1.165) is 23.8 Å². The fourth-order valence-electron chi connectivity index (χ4n) is 1.91. The molecule has 110 valence electrons. The van der Waals surface area contributed by atoms with Gasteiger partial charge in [-0.15, -0.1) is 0 Å². The lowest BCUT2D eigenvalue weighted by Gasteiger charge is -2.12. The van der Waals surface area contributed by atoms with Crippen molar-refractivity contribution in [3.63, 3.8) is 0 Å². The number of amides is 1. The summed E-state index contributed by atoms with van der Waals surface area (Å²) in [6.07, 6.45) is 0. The van der Waals surface area contributed by atoms with E-state index in [4.69, 9.17) is 0 Å². The summed E-state index contributed by atoms with van der Waals surface area (Å²) >= 11 is 0. The van der Waals surface area contributed by atoms with Crippen molar-refractivity contribution in [1.82, 2.24) is 5.32 Å². The number of aromatic hydroxyl groups is 1. The number of benzene rings is 2. The Bertz CT molecular complexity index is 641. The van der Waals surface area contributed by atoms with Gasteiger partial charge in [-0.05, 0) is 49.9 Å². The molecule has 0 radical (unpaired) electrons. The highest BCUT2D eigenvalue weighted by atomic mass is 19.1. The third-order valence-electron chi connectivity index (χ3n) is 3.30. The highest BCUT2D eigenvalue weighted by Gasteiger charge is 2.12. The molecule has 0 bridgehead atoms. The monoisotopic (exact) mass is 288 g/mol. The van der Waals surface area contributed by atoms with E-state index in [-0.39, 0.29) is 17.4 Å². The van der Waals surface area contributed by atoms with Crippen LogP contribution in [-0.4, -0.2) is 18.1 Å². The highest BCUT2D eigenvalue weighted by molar-refractivity contribution is 6.06. The Balaban J connectivity index is 2.14. The van der Waals surface area contributed by atoms with Crippen molar-refractivity contribution >= 4 is 11.6 Å². The van der Waals surface area contributed by atoms with Crippen LogP contribution in [0.25, 0.3) is 0 Å². The molecule has 5 heteroatoms. The molecule has 0 aliphatic rings. The Morgan fingerprint density at radius 3 is 2.48 bits per heavy atom. The molecular weight excluding hydrogens is 271 g/mol. The fraction of sp³-hybridized carbons (Fsp3) is 0.188. The van der Waals surface area contributed by atoms with Gasteiger partial charge in [0.2, 0.25) is 0 Å². The SMILES string of the molecule is CNC(C)c1ccc(NC(=O)c2cc(F)ccc2O)cc1. The van der Waals surface area contributed by atoms with Gasteiger partial charge in [0.15, 0.2) is 0 Å². The van der Waals surface area contributed by atoms with Crippen LogP contribution in [0, 0.1) is 5.82 Å². The fourth-order valence-corrected chi connectivity index (χ4v) is 1.91. The molecule has 0 aromatic heterocycles. The van der Waals surface area contributed by atoms with Crippen molar-refractivity contribution in [3.05, 3.63) is 59.4 Å². The van der Waals surface area contributed by atoms with Crippen LogP contribution in [0.5, 0.6) is 5.75 Å². The molecule has 21 heavy (non-hydrogen) atoms. The molecule has 0 aliphatic heterocycles. The quantitative estimate of drug-likeness (QED) is 0.810. The number of carbonyl (C=O) groups is 1. The number of rotatable bonds is 4. The van der Waals surface area contributed by atoms with Gasteiger partial charge in [0.1, 0.15) is 11.6 Å². The molecule has 2 aromatic rings. The summed E-state index contributed by atoms with van der Waals surface area (Å²) in [5.41, 5.74) is 1.57. The average molecular weight is 288 g/mol. The van der Waals surface area contributed by atoms with Crippen LogP contribution in [0.4, 0.5) is 10.1 Å². The molecule has 0 aliphatic carbocycles. The van der Waals surface area contributed by atoms with E-state index in [1.165, 1.54) is 0 Å². The molecule has 1 amide bonds. The molecule has 0 saturated heterocycles. The number of carbonyl (C=O) groups excluding carboxylic acids is 1. The molecule has 0 spiro atoms. The van der Waals surface area contributed by atoms with Gasteiger partial charge in [0.05, 0.1) is 5.56 Å². The van der Waals surface area contributed by atoms with E-state index in [0.29, 0.717) is 5.69 Å². The highest BCUT2D eigenvalue weighted by Crippen LogP contribution is 2.20. The Labute approximate surface area is 122 Å². The van der Waals surface area contributed by atoms with Crippen LogP contribution in [0.2, 0.25) is 0 Å². The number of hydrogen-bond acceptors (Lipinski definition) is 3. The normalized spacial score (nSPS) is 12.0. The second-order valence-electron chi connectivity index (χ2n) is 4.75. The van der Waals surface area contributed by atoms with E-state index < -0.39 is 11.7 Å². The summed E-state index contributed by atoms with van der Waals surface area (Å²) in [5.74, 6) is -1.38. The number of halogens is 1. The Morgan fingerprint density at radius 2 is 1.86 bits per heavy atom. The number of hydrogen-bond donors (Lipinski definition) is 3. The Kier molecular flexibility index (Phi) is 4.55. The van der Waals surface area contributed by atoms with Crippen molar-refractivity contribution in [2.24, 2.45) is 0 Å². The van der Waals surface area contributed by atoms with Gasteiger partial charge in [0, 0.05) is 11.7 Å². The lowest BCUT2D eigenvalue weighted by atomic mass is 10.1. The predicted molar refractivity (Wildman–Crippen MR) is 79.9 cm³/mol. The minimum Gasteiger partial charge on any atom is -0.507 e. The largest absolute Gasteiger partial charge is 0.507 e. The van der Waals surface area contributed by atoms with Gasteiger partial charge in [-0.3, -0.25) is 4.79 Å². The summed E-state index contributed by atoms with van der Waals surface area (Å²) in [7, 11) is 1.87. The van der Waals surface area contributed by atoms with Gasteiger partial charge in [-0.25, -0.2) is 4.39 Å². The summed E-state index contributed by atoms with van der Waals surface area (Å²) in [6.45, 7) is 2.03. The average Bonchev–Trinajstić information content (AvgIpc) is 2.49. The van der Waals surface area contributed by atoms with Crippen LogP contribution >= 0.6 is 0 Å². The molecule has 2 rings (SSSR count). The van der Waals surface area contributed by atoms with Gasteiger partial charge < -0.3 is 15.7 Å². The maximum atomic E-state index is 13.1. The van der Waals surface area contributed by atoms with Crippen LogP contribution in [0.1, 0.15) is 28.9 Å². The zero-order valence-corrected chi connectivity index (χ0v) is 11.9. The number of anilines is 1. The minimum absolute atomic E-state index is 0.0948. The summed E-state index contributed by atoms with van der Waals surface area (Å²) in [4.78, 5) is 12.0. The first kappa shape index (κ1) is 15.0. The second kappa shape index (κ2) is 6.37. The first-order valence-electron chi connectivity index (χ1n) is 6.58. The molecule has 1 unspecified atom stereocenters. The van der Waals surface area contributed by atoms with E-state index in [9.17, 15) is 14.3 Å². The van der Waals surface area contributed by atoms with E-state index in [2.05, 4.69) is 10.6 Å². The van der Waals surface area contributed by atoms with E-state index in [1.54, 1.807) is 12.1 Å². The number of nitrogens with one attached hydrogen (secondary N) is 2. The molecule has 4 nitrogen and oxygen atoms in total. The van der Waals surface area contributed by atoms with Gasteiger partial charge in [0.25, 0.3) is 5.91 Å². The molecule has 0 heterocycles. The summed E-state index contributed by atoms with van der Waals surface area (Å²) in [5, 5.41) is 15.3. The van der Waals surface area contributed by atoms with E-state index in [1.807, 2.05) is 26.1 Å². The topological polar surface area (TPSA) is 61.4 Å². The van der Waals surface area contributed by atoms with Gasteiger partial charge in [-0.2, -0.15) is 0 Å². The van der Waals surface area contributed by atoms with Crippen molar-refractivity contribution in [3.8, 4) is 5.75 Å². The van der Waals surface area contributed by atoms with Crippen LogP contribution in [0.15, 0.2) is 42.5 Å². The lowest BCUT2D eigenvalue weighted by Crippen LogP contribution is -2.14. The predicted octanol–water partition coefficient (Wildman–Crippen LogP) is 3.06. The minimum atomic E-state index is -0.573. The van der Waals surface area contributed by atoms with Crippen LogP contribution < -0.4 is 10.6 Å². The van der Waals surface area contributed by atoms with Crippen LogP contribution in [0.3, 0.4) is 0 Å².